The van der Waals surface area contributed by atoms with Gasteiger partial charge in [0.2, 0.25) is 17.7 Å². The molecule has 3 atom stereocenters. The van der Waals surface area contributed by atoms with Gasteiger partial charge in [-0.15, -0.1) is 0 Å². The van der Waals surface area contributed by atoms with Crippen molar-refractivity contribution < 1.29 is 34.2 Å². The van der Waals surface area contributed by atoms with Crippen molar-refractivity contribution >= 4 is 29.7 Å². The summed E-state index contributed by atoms with van der Waals surface area (Å²) in [5, 5.41) is 24.0. The van der Waals surface area contributed by atoms with Crippen LogP contribution in [0.25, 0.3) is 0 Å². The number of nitrogens with one attached hydrogen (secondary N) is 3. The highest BCUT2D eigenvalue weighted by Crippen LogP contribution is 2.04. The van der Waals surface area contributed by atoms with Crippen LogP contribution in [-0.2, 0) is 24.0 Å². The molecule has 0 saturated heterocycles. The average Bonchev–Trinajstić information content (AvgIpc) is 2.47. The number of nitrogens with two attached hydrogens (primary N) is 1. The summed E-state index contributed by atoms with van der Waals surface area (Å²) in [6.07, 6.45) is -0.747. The standard InChI is InChI=1S/C14H24N4O7/c1-6(2)11(18-12(23)7(3)15)14(25)17-8(4-9(19)20)13(24)16-5-10(21)22/h6-8,11H,4-5,15H2,1-3H3,(H,16,24)(H,17,25)(H,18,23)(H,19,20)(H,21,22). The van der Waals surface area contributed by atoms with Gasteiger partial charge in [0.05, 0.1) is 12.5 Å². The minimum absolute atomic E-state index is 0.366. The summed E-state index contributed by atoms with van der Waals surface area (Å²) in [5.74, 6) is -5.37. The lowest BCUT2D eigenvalue weighted by Gasteiger charge is -2.25. The fourth-order valence-electron chi connectivity index (χ4n) is 1.75. The van der Waals surface area contributed by atoms with Crippen LogP contribution in [0.1, 0.15) is 27.2 Å². The highest BCUT2D eigenvalue weighted by Gasteiger charge is 2.30. The number of carboxylic acid groups (broad SMARTS) is 2. The molecule has 11 heteroatoms. The molecule has 11 nitrogen and oxygen atoms in total. The lowest BCUT2D eigenvalue weighted by molar-refractivity contribution is -0.141. The van der Waals surface area contributed by atoms with Crippen molar-refractivity contribution in [2.75, 3.05) is 6.54 Å². The Kier molecular flexibility index (Phi) is 9.13. The van der Waals surface area contributed by atoms with E-state index >= 15 is 0 Å². The summed E-state index contributed by atoms with van der Waals surface area (Å²) in [4.78, 5) is 57.2. The summed E-state index contributed by atoms with van der Waals surface area (Å²) in [6.45, 7) is 3.99. The minimum atomic E-state index is -1.49. The number of aliphatic carboxylic acids is 2. The lowest BCUT2D eigenvalue weighted by Crippen LogP contribution is -2.57. The molecular weight excluding hydrogens is 336 g/mol. The molecule has 0 aliphatic carbocycles. The predicted octanol–water partition coefficient (Wildman–Crippen LogP) is -2.37. The molecule has 0 aliphatic heterocycles. The molecule has 0 heterocycles. The molecule has 0 aromatic carbocycles. The first kappa shape index (κ1) is 22.3. The van der Waals surface area contributed by atoms with Crippen LogP contribution in [0.2, 0.25) is 0 Å². The van der Waals surface area contributed by atoms with Crippen LogP contribution in [-0.4, -0.2) is 64.5 Å². The SMILES string of the molecule is CC(N)C(=O)NC(C(=O)NC(CC(=O)O)C(=O)NCC(=O)O)C(C)C. The van der Waals surface area contributed by atoms with E-state index in [4.69, 9.17) is 15.9 Å². The topological polar surface area (TPSA) is 188 Å². The molecule has 25 heavy (non-hydrogen) atoms. The van der Waals surface area contributed by atoms with Crippen LogP contribution < -0.4 is 21.7 Å². The zero-order chi connectivity index (χ0) is 19.7. The van der Waals surface area contributed by atoms with Gasteiger partial charge in [-0.3, -0.25) is 24.0 Å². The smallest absolute Gasteiger partial charge is 0.322 e. The Morgan fingerprint density at radius 1 is 0.880 bits per heavy atom. The van der Waals surface area contributed by atoms with Crippen LogP contribution in [0.15, 0.2) is 0 Å². The third kappa shape index (κ3) is 8.65. The first-order valence-electron chi connectivity index (χ1n) is 7.53. The molecule has 0 spiro atoms. The molecule has 7 N–H and O–H groups in total. The van der Waals surface area contributed by atoms with Gasteiger partial charge in [-0.05, 0) is 12.8 Å². The molecule has 0 aromatic rings. The third-order valence-electron chi connectivity index (χ3n) is 3.09. The quantitative estimate of drug-likeness (QED) is 0.249. The van der Waals surface area contributed by atoms with E-state index in [-0.39, 0.29) is 5.92 Å². The molecule has 0 radical (unpaired) electrons. The first-order valence-corrected chi connectivity index (χ1v) is 7.53. The molecule has 3 unspecified atom stereocenters. The highest BCUT2D eigenvalue weighted by atomic mass is 16.4. The average molecular weight is 360 g/mol. The molecule has 0 saturated carbocycles. The van der Waals surface area contributed by atoms with E-state index in [1.54, 1.807) is 13.8 Å². The Labute approximate surface area is 144 Å². The Hall–Kier alpha value is -2.69. The van der Waals surface area contributed by atoms with E-state index in [1.165, 1.54) is 6.92 Å². The van der Waals surface area contributed by atoms with Crippen LogP contribution in [0.4, 0.5) is 0 Å². The van der Waals surface area contributed by atoms with E-state index in [9.17, 15) is 24.0 Å². The van der Waals surface area contributed by atoms with Crippen LogP contribution >= 0.6 is 0 Å². The van der Waals surface area contributed by atoms with Crippen molar-refractivity contribution in [2.24, 2.45) is 11.7 Å². The van der Waals surface area contributed by atoms with Crippen molar-refractivity contribution in [1.29, 1.82) is 0 Å². The second-order valence-corrected chi connectivity index (χ2v) is 5.79. The number of hydrogen-bond donors (Lipinski definition) is 6. The van der Waals surface area contributed by atoms with Crippen LogP contribution in [0.3, 0.4) is 0 Å². The number of carbonyl (C=O) groups is 5. The van der Waals surface area contributed by atoms with Gasteiger partial charge in [-0.2, -0.15) is 0 Å². The van der Waals surface area contributed by atoms with Gasteiger partial charge in [0.15, 0.2) is 0 Å². The van der Waals surface area contributed by atoms with Crippen LogP contribution in [0.5, 0.6) is 0 Å². The Balaban J connectivity index is 5.12. The highest BCUT2D eigenvalue weighted by molar-refractivity contribution is 5.95. The monoisotopic (exact) mass is 360 g/mol. The number of hydrogen-bond acceptors (Lipinski definition) is 6. The van der Waals surface area contributed by atoms with Crippen molar-refractivity contribution in [3.05, 3.63) is 0 Å². The molecule has 0 rings (SSSR count). The first-order chi connectivity index (χ1) is 11.5. The molecule has 0 fully saturated rings. The molecule has 0 aromatic heterocycles. The van der Waals surface area contributed by atoms with Crippen molar-refractivity contribution in [3.63, 3.8) is 0 Å². The molecule has 0 bridgehead atoms. The third-order valence-corrected chi connectivity index (χ3v) is 3.09. The molecule has 0 aliphatic rings. The van der Waals surface area contributed by atoms with Crippen LogP contribution in [0, 0.1) is 5.92 Å². The molecular formula is C14H24N4O7. The normalized spacial score (nSPS) is 14.1. The largest absolute Gasteiger partial charge is 0.481 e. The second-order valence-electron chi connectivity index (χ2n) is 5.79. The number of carboxylic acids is 2. The number of amides is 3. The maximum Gasteiger partial charge on any atom is 0.322 e. The number of rotatable bonds is 10. The van der Waals surface area contributed by atoms with Gasteiger partial charge in [-0.1, -0.05) is 13.8 Å². The van der Waals surface area contributed by atoms with Gasteiger partial charge in [0, 0.05) is 0 Å². The Bertz CT molecular complexity index is 533. The zero-order valence-electron chi connectivity index (χ0n) is 14.2. The Morgan fingerprint density at radius 3 is 1.84 bits per heavy atom. The molecule has 3 amide bonds. The summed E-state index contributed by atoms with van der Waals surface area (Å²) < 4.78 is 0. The maximum absolute atomic E-state index is 12.3. The summed E-state index contributed by atoms with van der Waals surface area (Å²) in [7, 11) is 0. The van der Waals surface area contributed by atoms with Crippen molar-refractivity contribution in [1.82, 2.24) is 16.0 Å². The summed E-state index contributed by atoms with van der Waals surface area (Å²) in [6, 6.07) is -3.39. The lowest BCUT2D eigenvalue weighted by atomic mass is 10.0. The van der Waals surface area contributed by atoms with Crippen molar-refractivity contribution in [2.45, 2.75) is 45.3 Å². The van der Waals surface area contributed by atoms with E-state index < -0.39 is 60.8 Å². The van der Waals surface area contributed by atoms with E-state index in [2.05, 4.69) is 10.6 Å². The zero-order valence-corrected chi connectivity index (χ0v) is 14.2. The fraction of sp³-hybridized carbons (Fsp3) is 0.643. The summed E-state index contributed by atoms with van der Waals surface area (Å²) >= 11 is 0. The number of carbonyl (C=O) groups excluding carboxylic acids is 3. The van der Waals surface area contributed by atoms with E-state index in [0.29, 0.717) is 0 Å². The van der Waals surface area contributed by atoms with E-state index in [0.717, 1.165) is 0 Å². The van der Waals surface area contributed by atoms with Gasteiger partial charge < -0.3 is 31.9 Å². The van der Waals surface area contributed by atoms with E-state index in [1.807, 2.05) is 5.32 Å². The van der Waals surface area contributed by atoms with Gasteiger partial charge in [-0.25, -0.2) is 0 Å². The van der Waals surface area contributed by atoms with Gasteiger partial charge in [0.1, 0.15) is 18.6 Å². The fourth-order valence-corrected chi connectivity index (χ4v) is 1.75. The maximum atomic E-state index is 12.3. The summed E-state index contributed by atoms with van der Waals surface area (Å²) in [5.41, 5.74) is 5.43. The predicted molar refractivity (Wildman–Crippen MR) is 85.2 cm³/mol. The second kappa shape index (κ2) is 10.2. The van der Waals surface area contributed by atoms with Crippen molar-refractivity contribution in [3.8, 4) is 0 Å². The van der Waals surface area contributed by atoms with Gasteiger partial charge >= 0.3 is 11.9 Å². The Morgan fingerprint density at radius 2 is 1.44 bits per heavy atom. The minimum Gasteiger partial charge on any atom is -0.481 e. The van der Waals surface area contributed by atoms with Gasteiger partial charge in [0.25, 0.3) is 0 Å². The molecule has 142 valence electrons.